The SMILES string of the molecule is CO[C@@](C)(CNC(=O)CSC1CCCC1)c1ccccc1F. The molecule has 3 nitrogen and oxygen atoms in total. The number of nitrogens with one attached hydrogen (secondary N) is 1. The Morgan fingerprint density at radius 1 is 1.41 bits per heavy atom. The predicted molar refractivity (Wildman–Crippen MR) is 88.5 cm³/mol. The van der Waals surface area contributed by atoms with Crippen LogP contribution in [0.1, 0.15) is 38.2 Å². The van der Waals surface area contributed by atoms with E-state index in [1.807, 2.05) is 0 Å². The molecule has 0 bridgehead atoms. The molecule has 1 fully saturated rings. The summed E-state index contributed by atoms with van der Waals surface area (Å²) in [5.74, 6) is 0.125. The van der Waals surface area contributed by atoms with E-state index < -0.39 is 5.60 Å². The minimum atomic E-state index is -0.862. The van der Waals surface area contributed by atoms with Crippen LogP contribution < -0.4 is 5.32 Å². The van der Waals surface area contributed by atoms with Crippen molar-refractivity contribution in [2.45, 2.75) is 43.5 Å². The highest BCUT2D eigenvalue weighted by Gasteiger charge is 2.29. The van der Waals surface area contributed by atoms with Gasteiger partial charge in [-0.15, -0.1) is 11.8 Å². The number of carbonyl (C=O) groups is 1. The summed E-state index contributed by atoms with van der Waals surface area (Å²) in [6.45, 7) is 2.05. The molecule has 0 aliphatic heterocycles. The fraction of sp³-hybridized carbons (Fsp3) is 0.588. The lowest BCUT2D eigenvalue weighted by Gasteiger charge is -2.29. The molecule has 1 amide bonds. The molecule has 122 valence electrons. The summed E-state index contributed by atoms with van der Waals surface area (Å²) in [7, 11) is 1.53. The lowest BCUT2D eigenvalue weighted by atomic mass is 9.95. The van der Waals surface area contributed by atoms with Crippen LogP contribution in [0, 0.1) is 5.82 Å². The van der Waals surface area contributed by atoms with Crippen LogP contribution in [0.4, 0.5) is 4.39 Å². The van der Waals surface area contributed by atoms with Crippen LogP contribution in [0.5, 0.6) is 0 Å². The smallest absolute Gasteiger partial charge is 0.230 e. The molecule has 22 heavy (non-hydrogen) atoms. The zero-order valence-corrected chi connectivity index (χ0v) is 14.0. The summed E-state index contributed by atoms with van der Waals surface area (Å²) in [4.78, 5) is 12.0. The van der Waals surface area contributed by atoms with Crippen molar-refractivity contribution in [2.24, 2.45) is 0 Å². The first-order chi connectivity index (χ1) is 10.5. The van der Waals surface area contributed by atoms with Crippen molar-refractivity contribution < 1.29 is 13.9 Å². The Balaban J connectivity index is 1.87. The van der Waals surface area contributed by atoms with Crippen LogP contribution in [-0.4, -0.2) is 30.6 Å². The van der Waals surface area contributed by atoms with Gasteiger partial charge in [-0.05, 0) is 25.8 Å². The first-order valence-electron chi connectivity index (χ1n) is 7.73. The van der Waals surface area contributed by atoms with E-state index in [-0.39, 0.29) is 18.3 Å². The Kier molecular flexibility index (Phi) is 6.26. The number of ether oxygens (including phenoxy) is 1. The van der Waals surface area contributed by atoms with Crippen molar-refractivity contribution >= 4 is 17.7 Å². The number of benzene rings is 1. The van der Waals surface area contributed by atoms with E-state index in [0.717, 1.165) is 0 Å². The van der Waals surface area contributed by atoms with Crippen LogP contribution in [-0.2, 0) is 15.1 Å². The van der Waals surface area contributed by atoms with E-state index in [4.69, 9.17) is 4.74 Å². The number of thioether (sulfide) groups is 1. The van der Waals surface area contributed by atoms with Gasteiger partial charge >= 0.3 is 0 Å². The Labute approximate surface area is 136 Å². The maximum atomic E-state index is 14.0. The molecule has 1 aromatic rings. The molecule has 0 unspecified atom stereocenters. The highest BCUT2D eigenvalue weighted by molar-refractivity contribution is 8.00. The summed E-state index contributed by atoms with van der Waals surface area (Å²) < 4.78 is 19.4. The largest absolute Gasteiger partial charge is 0.372 e. The van der Waals surface area contributed by atoms with Crippen LogP contribution in [0.15, 0.2) is 24.3 Å². The molecule has 1 aliphatic carbocycles. The molecule has 1 aromatic carbocycles. The van der Waals surface area contributed by atoms with Gasteiger partial charge in [-0.25, -0.2) is 4.39 Å². The molecule has 1 atom stereocenters. The topological polar surface area (TPSA) is 38.3 Å². The molecular weight excluding hydrogens is 301 g/mol. The second-order valence-electron chi connectivity index (χ2n) is 5.91. The van der Waals surface area contributed by atoms with E-state index in [2.05, 4.69) is 5.32 Å². The lowest BCUT2D eigenvalue weighted by molar-refractivity contribution is -0.120. The number of hydrogen-bond donors (Lipinski definition) is 1. The molecule has 1 N–H and O–H groups in total. The van der Waals surface area contributed by atoms with E-state index in [9.17, 15) is 9.18 Å². The first kappa shape index (κ1) is 17.3. The van der Waals surface area contributed by atoms with Gasteiger partial charge in [0.05, 0.1) is 12.3 Å². The average molecular weight is 325 g/mol. The molecule has 2 rings (SSSR count). The van der Waals surface area contributed by atoms with Gasteiger partial charge in [0.25, 0.3) is 0 Å². The highest BCUT2D eigenvalue weighted by Crippen LogP contribution is 2.29. The molecule has 0 radical (unpaired) electrons. The summed E-state index contributed by atoms with van der Waals surface area (Å²) in [5.41, 5.74) is -0.403. The molecule has 5 heteroatoms. The zero-order valence-electron chi connectivity index (χ0n) is 13.2. The van der Waals surface area contributed by atoms with Crippen molar-refractivity contribution in [1.29, 1.82) is 0 Å². The van der Waals surface area contributed by atoms with Gasteiger partial charge < -0.3 is 10.1 Å². The van der Waals surface area contributed by atoms with Crippen molar-refractivity contribution in [2.75, 3.05) is 19.4 Å². The molecular formula is C17H24FNO2S. The fourth-order valence-corrected chi connectivity index (χ4v) is 3.89. The third-order valence-corrected chi connectivity index (χ3v) is 5.64. The third kappa shape index (κ3) is 4.46. The quantitative estimate of drug-likeness (QED) is 0.834. The van der Waals surface area contributed by atoms with Gasteiger partial charge in [0.15, 0.2) is 0 Å². The Bertz CT molecular complexity index is 505. The summed E-state index contributed by atoms with van der Waals surface area (Å²) in [5, 5.41) is 3.49. The van der Waals surface area contributed by atoms with Crippen molar-refractivity contribution in [3.8, 4) is 0 Å². The number of methoxy groups -OCH3 is 1. The van der Waals surface area contributed by atoms with Crippen LogP contribution >= 0.6 is 11.8 Å². The first-order valence-corrected chi connectivity index (χ1v) is 8.78. The number of amides is 1. The van der Waals surface area contributed by atoms with Gasteiger partial charge in [-0.3, -0.25) is 4.79 Å². The second kappa shape index (κ2) is 7.97. The van der Waals surface area contributed by atoms with E-state index in [1.165, 1.54) is 38.9 Å². The molecule has 0 heterocycles. The van der Waals surface area contributed by atoms with Gasteiger partial charge in [-0.2, -0.15) is 0 Å². The lowest BCUT2D eigenvalue weighted by Crippen LogP contribution is -2.41. The van der Waals surface area contributed by atoms with Crippen LogP contribution in [0.2, 0.25) is 0 Å². The van der Waals surface area contributed by atoms with E-state index >= 15 is 0 Å². The minimum absolute atomic E-state index is 0.0171. The Morgan fingerprint density at radius 3 is 2.73 bits per heavy atom. The Morgan fingerprint density at radius 2 is 2.09 bits per heavy atom. The average Bonchev–Trinajstić information content (AvgIpc) is 3.04. The number of halogens is 1. The van der Waals surface area contributed by atoms with Crippen molar-refractivity contribution in [3.05, 3.63) is 35.6 Å². The number of hydrogen-bond acceptors (Lipinski definition) is 3. The normalized spacial score (nSPS) is 18.1. The number of carbonyl (C=O) groups excluding carboxylic acids is 1. The standard InChI is InChI=1S/C17H24FNO2S/c1-17(21-2,14-9-5-6-10-15(14)18)12-19-16(20)11-22-13-7-3-4-8-13/h5-6,9-10,13H,3-4,7-8,11-12H2,1-2H3,(H,19,20)/t17-/m0/s1. The summed E-state index contributed by atoms with van der Waals surface area (Å²) in [6.07, 6.45) is 4.97. The van der Waals surface area contributed by atoms with Gasteiger partial charge in [0, 0.05) is 17.9 Å². The van der Waals surface area contributed by atoms with E-state index in [1.54, 1.807) is 36.9 Å². The van der Waals surface area contributed by atoms with Crippen molar-refractivity contribution in [1.82, 2.24) is 5.32 Å². The molecule has 1 saturated carbocycles. The van der Waals surface area contributed by atoms with Gasteiger partial charge in [-0.1, -0.05) is 31.0 Å². The fourth-order valence-electron chi connectivity index (χ4n) is 2.73. The molecule has 0 spiro atoms. The minimum Gasteiger partial charge on any atom is -0.372 e. The summed E-state index contributed by atoms with van der Waals surface area (Å²) in [6, 6.07) is 6.52. The maximum Gasteiger partial charge on any atom is 0.230 e. The molecule has 1 aliphatic rings. The Hall–Kier alpha value is -1.07. The van der Waals surface area contributed by atoms with Gasteiger partial charge in [0.2, 0.25) is 5.91 Å². The monoisotopic (exact) mass is 325 g/mol. The second-order valence-corrected chi connectivity index (χ2v) is 7.20. The van der Waals surface area contributed by atoms with Crippen LogP contribution in [0.3, 0.4) is 0 Å². The van der Waals surface area contributed by atoms with Crippen LogP contribution in [0.25, 0.3) is 0 Å². The number of rotatable bonds is 7. The highest BCUT2D eigenvalue weighted by atomic mass is 32.2. The predicted octanol–water partition coefficient (Wildman–Crippen LogP) is 3.48. The molecule has 0 saturated heterocycles. The summed E-state index contributed by atoms with van der Waals surface area (Å²) >= 11 is 1.72. The van der Waals surface area contributed by atoms with E-state index in [0.29, 0.717) is 16.6 Å². The maximum absolute atomic E-state index is 14.0. The molecule has 0 aromatic heterocycles. The third-order valence-electron chi connectivity index (χ3n) is 4.27. The zero-order chi connectivity index (χ0) is 16.0. The van der Waals surface area contributed by atoms with Crippen molar-refractivity contribution in [3.63, 3.8) is 0 Å². The van der Waals surface area contributed by atoms with Gasteiger partial charge in [0.1, 0.15) is 11.4 Å².